The zero-order valence-corrected chi connectivity index (χ0v) is 15.3. The molecule has 4 rings (SSSR count). The Bertz CT molecular complexity index is 989. The average molecular weight is 385 g/mol. The molecule has 0 atom stereocenters. The summed E-state index contributed by atoms with van der Waals surface area (Å²) >= 11 is 3.69. The van der Waals surface area contributed by atoms with Crippen LogP contribution in [0.1, 0.15) is 0 Å². The molecule has 0 aliphatic rings. The fraction of sp³-hybridized carbons (Fsp3) is 0. The van der Waals surface area contributed by atoms with Gasteiger partial charge in [0, 0.05) is 4.47 Å². The van der Waals surface area contributed by atoms with Crippen molar-refractivity contribution < 1.29 is 0 Å². The molecule has 4 aromatic carbocycles. The lowest BCUT2D eigenvalue weighted by atomic mass is 9.96. The summed E-state index contributed by atoms with van der Waals surface area (Å²) in [5.41, 5.74) is 7.36. The lowest BCUT2D eigenvalue weighted by molar-refractivity contribution is 1.55. The second kappa shape index (κ2) is 7.08. The minimum Gasteiger partial charge on any atom is -0.0622 e. The van der Waals surface area contributed by atoms with E-state index in [1.54, 1.807) is 0 Å². The maximum Gasteiger partial charge on any atom is 0.0254 e. The fourth-order valence-corrected chi connectivity index (χ4v) is 3.53. The maximum absolute atomic E-state index is 3.69. The minimum atomic E-state index is 1.11. The largest absolute Gasteiger partial charge is 0.0622 e. The quantitative estimate of drug-likeness (QED) is 0.344. The molecule has 0 bridgehead atoms. The Kier molecular flexibility index (Phi) is 4.49. The van der Waals surface area contributed by atoms with Crippen molar-refractivity contribution in [1.82, 2.24) is 0 Å². The van der Waals surface area contributed by atoms with Crippen molar-refractivity contribution in [3.8, 4) is 33.4 Å². The van der Waals surface area contributed by atoms with E-state index >= 15 is 0 Å². The fourth-order valence-electron chi connectivity index (χ4n) is 3.05. The monoisotopic (exact) mass is 384 g/mol. The molecule has 0 saturated carbocycles. The van der Waals surface area contributed by atoms with E-state index in [9.17, 15) is 0 Å². The van der Waals surface area contributed by atoms with E-state index < -0.39 is 0 Å². The van der Waals surface area contributed by atoms with Crippen LogP contribution >= 0.6 is 15.9 Å². The second-order valence-corrected chi connectivity index (χ2v) is 6.86. The molecule has 0 nitrogen and oxygen atoms in total. The van der Waals surface area contributed by atoms with Gasteiger partial charge in [-0.15, -0.1) is 0 Å². The third-order valence-corrected chi connectivity index (χ3v) is 5.05. The molecule has 0 aliphatic heterocycles. The van der Waals surface area contributed by atoms with Crippen molar-refractivity contribution in [2.45, 2.75) is 0 Å². The molecule has 0 fully saturated rings. The van der Waals surface area contributed by atoms with Gasteiger partial charge in [0.15, 0.2) is 0 Å². The first-order valence-electron chi connectivity index (χ1n) is 8.32. The zero-order chi connectivity index (χ0) is 17.1. The summed E-state index contributed by atoms with van der Waals surface area (Å²) in [6, 6.07) is 36.3. The molecule has 1 heteroatoms. The number of halogens is 1. The normalized spacial score (nSPS) is 10.6. The summed E-state index contributed by atoms with van der Waals surface area (Å²) in [6.45, 7) is 0. The summed E-state index contributed by atoms with van der Waals surface area (Å²) < 4.78 is 1.11. The van der Waals surface area contributed by atoms with Crippen molar-refractivity contribution in [1.29, 1.82) is 0 Å². The van der Waals surface area contributed by atoms with Crippen LogP contribution in [0.5, 0.6) is 0 Å². The SMILES string of the molecule is Brc1ccc(-c2cccc(-c3ccccc3)c2)cc1-c1ccccc1. The minimum absolute atomic E-state index is 1.11. The highest BCUT2D eigenvalue weighted by atomic mass is 79.9. The smallest absolute Gasteiger partial charge is 0.0254 e. The summed E-state index contributed by atoms with van der Waals surface area (Å²) in [5, 5.41) is 0. The predicted octanol–water partition coefficient (Wildman–Crippen LogP) is 7.45. The molecule has 0 aliphatic carbocycles. The molecular weight excluding hydrogens is 368 g/mol. The number of rotatable bonds is 3. The summed E-state index contributed by atoms with van der Waals surface area (Å²) in [4.78, 5) is 0. The summed E-state index contributed by atoms with van der Waals surface area (Å²) in [7, 11) is 0. The van der Waals surface area contributed by atoms with E-state index in [4.69, 9.17) is 0 Å². The van der Waals surface area contributed by atoms with Crippen LogP contribution in [0.25, 0.3) is 33.4 Å². The van der Waals surface area contributed by atoms with Crippen LogP contribution in [0.4, 0.5) is 0 Å². The van der Waals surface area contributed by atoms with Crippen molar-refractivity contribution in [2.24, 2.45) is 0 Å². The molecule has 4 aromatic rings. The van der Waals surface area contributed by atoms with Crippen LogP contribution in [-0.2, 0) is 0 Å². The van der Waals surface area contributed by atoms with Gasteiger partial charge in [-0.05, 0) is 51.6 Å². The highest BCUT2D eigenvalue weighted by Gasteiger charge is 2.07. The van der Waals surface area contributed by atoms with Crippen LogP contribution in [0, 0.1) is 0 Å². The molecule has 120 valence electrons. The predicted molar refractivity (Wildman–Crippen MR) is 110 cm³/mol. The van der Waals surface area contributed by atoms with E-state index in [2.05, 4.69) is 107 Å². The Balaban J connectivity index is 1.78. The van der Waals surface area contributed by atoms with E-state index in [-0.39, 0.29) is 0 Å². The number of hydrogen-bond donors (Lipinski definition) is 0. The lowest BCUT2D eigenvalue weighted by Gasteiger charge is -2.10. The van der Waals surface area contributed by atoms with E-state index in [0.717, 1.165) is 4.47 Å². The highest BCUT2D eigenvalue weighted by molar-refractivity contribution is 9.10. The van der Waals surface area contributed by atoms with E-state index in [1.807, 2.05) is 12.1 Å². The van der Waals surface area contributed by atoms with E-state index in [0.29, 0.717) is 0 Å². The van der Waals surface area contributed by atoms with Gasteiger partial charge >= 0.3 is 0 Å². The molecule has 0 unspecified atom stereocenters. The lowest BCUT2D eigenvalue weighted by Crippen LogP contribution is -1.84. The van der Waals surface area contributed by atoms with Crippen molar-refractivity contribution in [3.63, 3.8) is 0 Å². The van der Waals surface area contributed by atoms with Gasteiger partial charge in [0.2, 0.25) is 0 Å². The first-order chi connectivity index (χ1) is 12.3. The Hall–Kier alpha value is -2.64. The van der Waals surface area contributed by atoms with Crippen LogP contribution in [0.15, 0.2) is 108 Å². The molecule has 0 radical (unpaired) electrons. The Morgan fingerprint density at radius 2 is 0.920 bits per heavy atom. The van der Waals surface area contributed by atoms with Gasteiger partial charge < -0.3 is 0 Å². The van der Waals surface area contributed by atoms with Crippen LogP contribution < -0.4 is 0 Å². The van der Waals surface area contributed by atoms with Gasteiger partial charge in [0.25, 0.3) is 0 Å². The molecule has 0 saturated heterocycles. The highest BCUT2D eigenvalue weighted by Crippen LogP contribution is 2.34. The molecule has 0 amide bonds. The van der Waals surface area contributed by atoms with Gasteiger partial charge in [0.1, 0.15) is 0 Å². The van der Waals surface area contributed by atoms with Gasteiger partial charge in [0.05, 0.1) is 0 Å². The van der Waals surface area contributed by atoms with Crippen molar-refractivity contribution >= 4 is 15.9 Å². The molecular formula is C24H17Br. The van der Waals surface area contributed by atoms with Crippen LogP contribution in [0.3, 0.4) is 0 Å². The molecule has 0 heterocycles. The van der Waals surface area contributed by atoms with Crippen molar-refractivity contribution in [3.05, 3.63) is 108 Å². The Morgan fingerprint density at radius 3 is 1.60 bits per heavy atom. The van der Waals surface area contributed by atoms with Gasteiger partial charge in [-0.25, -0.2) is 0 Å². The summed E-state index contributed by atoms with van der Waals surface area (Å²) in [5.74, 6) is 0. The van der Waals surface area contributed by atoms with Crippen LogP contribution in [-0.4, -0.2) is 0 Å². The van der Waals surface area contributed by atoms with Gasteiger partial charge in [-0.2, -0.15) is 0 Å². The Labute approximate surface area is 156 Å². The first kappa shape index (κ1) is 15.9. The molecule has 25 heavy (non-hydrogen) atoms. The van der Waals surface area contributed by atoms with Gasteiger partial charge in [-0.1, -0.05) is 101 Å². The maximum atomic E-state index is 3.69. The first-order valence-corrected chi connectivity index (χ1v) is 9.11. The van der Waals surface area contributed by atoms with E-state index in [1.165, 1.54) is 33.4 Å². The number of benzene rings is 4. The molecule has 0 N–H and O–H groups in total. The third kappa shape index (κ3) is 3.42. The molecule has 0 spiro atoms. The summed E-state index contributed by atoms with van der Waals surface area (Å²) in [6.07, 6.45) is 0. The average Bonchev–Trinajstić information content (AvgIpc) is 2.70. The standard InChI is InChI=1S/C24H17Br/c25-24-15-14-22(17-23(24)19-10-5-2-6-11-19)21-13-7-12-20(16-21)18-8-3-1-4-9-18/h1-17H. The molecule has 0 aromatic heterocycles. The van der Waals surface area contributed by atoms with Crippen LogP contribution in [0.2, 0.25) is 0 Å². The third-order valence-electron chi connectivity index (χ3n) is 4.35. The van der Waals surface area contributed by atoms with Crippen molar-refractivity contribution in [2.75, 3.05) is 0 Å². The topological polar surface area (TPSA) is 0 Å². The Morgan fingerprint density at radius 1 is 0.400 bits per heavy atom. The number of hydrogen-bond acceptors (Lipinski definition) is 0. The van der Waals surface area contributed by atoms with Gasteiger partial charge in [-0.3, -0.25) is 0 Å². The second-order valence-electron chi connectivity index (χ2n) is 6.01. The zero-order valence-electron chi connectivity index (χ0n) is 13.7.